The second-order valence-corrected chi connectivity index (χ2v) is 5.78. The van der Waals surface area contributed by atoms with Gasteiger partial charge in [-0.15, -0.1) is 0 Å². The van der Waals surface area contributed by atoms with Crippen molar-refractivity contribution in [2.24, 2.45) is 0 Å². The van der Waals surface area contributed by atoms with Gasteiger partial charge in [-0.2, -0.15) is 0 Å². The molecule has 6 heteroatoms. The van der Waals surface area contributed by atoms with E-state index in [1.807, 2.05) is 56.3 Å². The molecule has 3 rings (SSSR count). The number of anilines is 1. The predicted molar refractivity (Wildman–Crippen MR) is 102 cm³/mol. The average molecular weight is 350 g/mol. The van der Waals surface area contributed by atoms with Gasteiger partial charge in [0.05, 0.1) is 13.7 Å². The highest BCUT2D eigenvalue weighted by molar-refractivity contribution is 5.56. The fourth-order valence-electron chi connectivity index (χ4n) is 2.44. The molecule has 0 fully saturated rings. The van der Waals surface area contributed by atoms with Crippen molar-refractivity contribution in [2.75, 3.05) is 25.6 Å². The zero-order chi connectivity index (χ0) is 18.4. The van der Waals surface area contributed by atoms with Gasteiger partial charge in [0, 0.05) is 23.5 Å². The number of aromatic nitrogens is 3. The van der Waals surface area contributed by atoms with Crippen LogP contribution in [-0.2, 0) is 0 Å². The summed E-state index contributed by atoms with van der Waals surface area (Å²) >= 11 is 0. The molecule has 0 amide bonds. The number of aryl methyl sites for hydroxylation is 1. The maximum Gasteiger partial charge on any atom is 0.180 e. The summed E-state index contributed by atoms with van der Waals surface area (Å²) in [6.07, 6.45) is 1.74. The van der Waals surface area contributed by atoms with Crippen LogP contribution in [0.3, 0.4) is 0 Å². The van der Waals surface area contributed by atoms with Crippen LogP contribution in [0.15, 0.2) is 48.7 Å². The summed E-state index contributed by atoms with van der Waals surface area (Å²) < 4.78 is 11.0. The molecule has 0 saturated carbocycles. The Labute approximate surface area is 153 Å². The molecule has 1 aromatic carbocycles. The van der Waals surface area contributed by atoms with Crippen molar-refractivity contribution in [3.8, 4) is 23.0 Å². The first-order chi connectivity index (χ1) is 12.7. The minimum atomic E-state index is 0.509. The highest BCUT2D eigenvalue weighted by atomic mass is 16.5. The van der Waals surface area contributed by atoms with Gasteiger partial charge in [0.2, 0.25) is 0 Å². The number of methoxy groups -OCH3 is 1. The number of hydrogen-bond donors (Lipinski definition) is 1. The fourth-order valence-corrected chi connectivity index (χ4v) is 2.44. The Hall–Kier alpha value is -3.15. The van der Waals surface area contributed by atoms with E-state index in [4.69, 9.17) is 9.47 Å². The van der Waals surface area contributed by atoms with Crippen molar-refractivity contribution in [3.63, 3.8) is 0 Å². The summed E-state index contributed by atoms with van der Waals surface area (Å²) in [5, 5.41) is 3.33. The van der Waals surface area contributed by atoms with Gasteiger partial charge in [0.15, 0.2) is 5.82 Å². The molecule has 134 valence electrons. The van der Waals surface area contributed by atoms with Crippen molar-refractivity contribution in [2.45, 2.75) is 13.8 Å². The molecular weight excluding hydrogens is 328 g/mol. The van der Waals surface area contributed by atoms with E-state index in [2.05, 4.69) is 20.3 Å². The molecule has 1 N–H and O–H groups in total. The predicted octanol–water partition coefficient (Wildman–Crippen LogP) is 3.65. The van der Waals surface area contributed by atoms with Crippen LogP contribution in [0.4, 0.5) is 5.82 Å². The lowest BCUT2D eigenvalue weighted by atomic mass is 10.2. The molecule has 0 aliphatic carbocycles. The van der Waals surface area contributed by atoms with E-state index in [0.717, 1.165) is 34.3 Å². The normalized spacial score (nSPS) is 10.4. The van der Waals surface area contributed by atoms with Crippen LogP contribution in [0.1, 0.15) is 11.3 Å². The molecule has 0 radical (unpaired) electrons. The quantitative estimate of drug-likeness (QED) is 0.656. The van der Waals surface area contributed by atoms with Gasteiger partial charge in [-0.1, -0.05) is 12.1 Å². The zero-order valence-corrected chi connectivity index (χ0v) is 15.2. The molecular formula is C20H22N4O2. The van der Waals surface area contributed by atoms with Crippen LogP contribution in [0.25, 0.3) is 11.5 Å². The maximum absolute atomic E-state index is 5.76. The lowest BCUT2D eigenvalue weighted by Gasteiger charge is -2.13. The second kappa shape index (κ2) is 8.29. The van der Waals surface area contributed by atoms with E-state index < -0.39 is 0 Å². The molecule has 0 bridgehead atoms. The lowest BCUT2D eigenvalue weighted by Crippen LogP contribution is -2.14. The van der Waals surface area contributed by atoms with Crippen LogP contribution in [0.5, 0.6) is 11.5 Å². The zero-order valence-electron chi connectivity index (χ0n) is 15.2. The second-order valence-electron chi connectivity index (χ2n) is 5.78. The molecule has 26 heavy (non-hydrogen) atoms. The van der Waals surface area contributed by atoms with Crippen molar-refractivity contribution in [3.05, 3.63) is 59.9 Å². The van der Waals surface area contributed by atoms with Gasteiger partial charge in [0.1, 0.15) is 29.6 Å². The molecule has 6 nitrogen and oxygen atoms in total. The summed E-state index contributed by atoms with van der Waals surface area (Å²) in [5.74, 6) is 2.96. The topological polar surface area (TPSA) is 69.2 Å². The summed E-state index contributed by atoms with van der Waals surface area (Å²) in [5.41, 5.74) is 2.70. The van der Waals surface area contributed by atoms with Gasteiger partial charge in [-0.3, -0.25) is 4.98 Å². The Morgan fingerprint density at radius 1 is 1.00 bits per heavy atom. The number of nitrogens with zero attached hydrogens (tertiary/aromatic N) is 3. The number of pyridine rings is 1. The Bertz CT molecular complexity index is 869. The molecule has 0 saturated heterocycles. The Kier molecular flexibility index (Phi) is 5.63. The third kappa shape index (κ3) is 4.27. The van der Waals surface area contributed by atoms with E-state index >= 15 is 0 Å². The van der Waals surface area contributed by atoms with Crippen LogP contribution in [-0.4, -0.2) is 35.2 Å². The molecule has 0 atom stereocenters. The van der Waals surface area contributed by atoms with Gasteiger partial charge in [-0.25, -0.2) is 9.97 Å². The molecule has 3 aromatic rings. The molecule has 0 aliphatic heterocycles. The SMILES string of the molecule is COc1cccc(OCCNc2nc(-c3ccccn3)nc(C)c2C)c1. The van der Waals surface area contributed by atoms with Gasteiger partial charge >= 0.3 is 0 Å². The smallest absolute Gasteiger partial charge is 0.180 e. The van der Waals surface area contributed by atoms with Crippen LogP contribution in [0.2, 0.25) is 0 Å². The lowest BCUT2D eigenvalue weighted by molar-refractivity contribution is 0.329. The average Bonchev–Trinajstić information content (AvgIpc) is 2.69. The number of ether oxygens (including phenoxy) is 2. The minimum Gasteiger partial charge on any atom is -0.497 e. The fraction of sp³-hybridized carbons (Fsp3) is 0.250. The number of nitrogens with one attached hydrogen (secondary N) is 1. The third-order valence-electron chi connectivity index (χ3n) is 3.99. The largest absolute Gasteiger partial charge is 0.497 e. The van der Waals surface area contributed by atoms with Crippen molar-refractivity contribution >= 4 is 5.82 Å². The van der Waals surface area contributed by atoms with E-state index in [9.17, 15) is 0 Å². The van der Waals surface area contributed by atoms with E-state index in [1.54, 1.807) is 13.3 Å². The summed E-state index contributed by atoms with van der Waals surface area (Å²) in [4.78, 5) is 13.5. The highest BCUT2D eigenvalue weighted by Crippen LogP contribution is 2.21. The van der Waals surface area contributed by atoms with Crippen LogP contribution in [0, 0.1) is 13.8 Å². The number of benzene rings is 1. The van der Waals surface area contributed by atoms with Crippen LogP contribution < -0.4 is 14.8 Å². The van der Waals surface area contributed by atoms with Gasteiger partial charge in [-0.05, 0) is 38.1 Å². The standard InChI is InChI=1S/C20H22N4O2/c1-14-15(2)23-20(18-9-4-5-10-21-18)24-19(14)22-11-12-26-17-8-6-7-16(13-17)25-3/h4-10,13H,11-12H2,1-3H3,(H,22,23,24). The molecule has 2 aromatic heterocycles. The molecule has 2 heterocycles. The van der Waals surface area contributed by atoms with Crippen molar-refractivity contribution in [1.82, 2.24) is 15.0 Å². The third-order valence-corrected chi connectivity index (χ3v) is 3.99. The minimum absolute atomic E-state index is 0.509. The monoisotopic (exact) mass is 350 g/mol. The molecule has 0 unspecified atom stereocenters. The first-order valence-electron chi connectivity index (χ1n) is 8.45. The molecule has 0 aliphatic rings. The number of rotatable bonds is 7. The Morgan fingerprint density at radius 2 is 1.85 bits per heavy atom. The van der Waals surface area contributed by atoms with E-state index in [0.29, 0.717) is 19.0 Å². The van der Waals surface area contributed by atoms with Crippen molar-refractivity contribution in [1.29, 1.82) is 0 Å². The maximum atomic E-state index is 5.76. The Morgan fingerprint density at radius 3 is 2.62 bits per heavy atom. The van der Waals surface area contributed by atoms with E-state index in [1.165, 1.54) is 0 Å². The number of hydrogen-bond acceptors (Lipinski definition) is 6. The van der Waals surface area contributed by atoms with Crippen molar-refractivity contribution < 1.29 is 9.47 Å². The van der Waals surface area contributed by atoms with E-state index in [-0.39, 0.29) is 0 Å². The highest BCUT2D eigenvalue weighted by Gasteiger charge is 2.10. The summed E-state index contributed by atoms with van der Waals surface area (Å²) in [7, 11) is 1.64. The summed E-state index contributed by atoms with van der Waals surface area (Å²) in [6.45, 7) is 5.11. The van der Waals surface area contributed by atoms with Crippen LogP contribution >= 0.6 is 0 Å². The van der Waals surface area contributed by atoms with Gasteiger partial charge < -0.3 is 14.8 Å². The summed E-state index contributed by atoms with van der Waals surface area (Å²) in [6, 6.07) is 13.3. The Balaban J connectivity index is 1.65. The van der Waals surface area contributed by atoms with Gasteiger partial charge in [0.25, 0.3) is 0 Å². The first kappa shape index (κ1) is 17.7. The molecule has 0 spiro atoms. The first-order valence-corrected chi connectivity index (χ1v) is 8.45.